The maximum absolute atomic E-state index is 5.67. The van der Waals surface area contributed by atoms with Crippen molar-refractivity contribution in [1.82, 2.24) is 0 Å². The molecule has 0 saturated heterocycles. The van der Waals surface area contributed by atoms with Gasteiger partial charge in [-0.05, 0) is 35.2 Å². The SMILES string of the molecule is CC(C)(C)c1ccc(C(Br)c2ccc3c(c2)OCCO3)s1. The molecule has 0 fully saturated rings. The highest BCUT2D eigenvalue weighted by Gasteiger charge is 2.21. The third-order valence-corrected chi connectivity index (χ3v) is 6.38. The van der Waals surface area contributed by atoms with Crippen LogP contribution >= 0.6 is 27.3 Å². The summed E-state index contributed by atoms with van der Waals surface area (Å²) in [5.41, 5.74) is 1.39. The number of hydrogen-bond donors (Lipinski definition) is 0. The highest BCUT2D eigenvalue weighted by Crippen LogP contribution is 2.41. The van der Waals surface area contributed by atoms with Crippen LogP contribution in [0.1, 0.15) is 40.9 Å². The Bertz CT molecular complexity index is 642. The van der Waals surface area contributed by atoms with Gasteiger partial charge in [-0.2, -0.15) is 0 Å². The van der Waals surface area contributed by atoms with Crippen molar-refractivity contribution in [3.63, 3.8) is 0 Å². The molecule has 0 bridgehead atoms. The fourth-order valence-electron chi connectivity index (χ4n) is 2.27. The summed E-state index contributed by atoms with van der Waals surface area (Å²) in [6.45, 7) is 7.99. The first-order valence-corrected chi connectivity index (χ1v) is 8.82. The lowest BCUT2D eigenvalue weighted by molar-refractivity contribution is 0.171. The molecule has 0 N–H and O–H groups in total. The van der Waals surface area contributed by atoms with E-state index in [4.69, 9.17) is 9.47 Å². The number of benzene rings is 1. The number of thiophene rings is 1. The van der Waals surface area contributed by atoms with Crippen molar-refractivity contribution < 1.29 is 9.47 Å². The lowest BCUT2D eigenvalue weighted by Gasteiger charge is -2.20. The Kier molecular flexibility index (Phi) is 4.02. The van der Waals surface area contributed by atoms with Crippen LogP contribution in [0.2, 0.25) is 0 Å². The first-order valence-electron chi connectivity index (χ1n) is 7.09. The Labute approximate surface area is 138 Å². The summed E-state index contributed by atoms with van der Waals surface area (Å²) in [5.74, 6) is 1.68. The number of rotatable bonds is 2. The lowest BCUT2D eigenvalue weighted by atomic mass is 9.95. The molecule has 1 aromatic heterocycles. The zero-order chi connectivity index (χ0) is 15.0. The fourth-order valence-corrected chi connectivity index (χ4v) is 4.06. The van der Waals surface area contributed by atoms with Gasteiger partial charge in [-0.3, -0.25) is 0 Å². The second-order valence-corrected chi connectivity index (χ2v) is 8.25. The molecule has 0 aliphatic carbocycles. The van der Waals surface area contributed by atoms with Gasteiger partial charge in [0.25, 0.3) is 0 Å². The zero-order valence-corrected chi connectivity index (χ0v) is 14.9. The van der Waals surface area contributed by atoms with Crippen molar-refractivity contribution in [2.75, 3.05) is 13.2 Å². The average molecular weight is 367 g/mol. The van der Waals surface area contributed by atoms with Crippen molar-refractivity contribution in [3.8, 4) is 11.5 Å². The van der Waals surface area contributed by atoms with Crippen molar-refractivity contribution in [3.05, 3.63) is 45.6 Å². The van der Waals surface area contributed by atoms with Crippen LogP contribution in [-0.4, -0.2) is 13.2 Å². The van der Waals surface area contributed by atoms with Crippen LogP contribution in [0, 0.1) is 0 Å². The summed E-state index contributed by atoms with van der Waals surface area (Å²) in [6.07, 6.45) is 0. The Morgan fingerprint density at radius 3 is 2.43 bits per heavy atom. The zero-order valence-electron chi connectivity index (χ0n) is 12.5. The van der Waals surface area contributed by atoms with Gasteiger partial charge in [-0.25, -0.2) is 0 Å². The van der Waals surface area contributed by atoms with Gasteiger partial charge in [0.15, 0.2) is 11.5 Å². The van der Waals surface area contributed by atoms with Crippen LogP contribution in [0.3, 0.4) is 0 Å². The van der Waals surface area contributed by atoms with E-state index in [0.717, 1.165) is 11.5 Å². The molecule has 2 aromatic rings. The number of ether oxygens (including phenoxy) is 2. The van der Waals surface area contributed by atoms with Gasteiger partial charge in [0, 0.05) is 9.75 Å². The molecule has 2 heterocycles. The van der Waals surface area contributed by atoms with E-state index >= 15 is 0 Å². The molecule has 0 saturated carbocycles. The molecule has 1 aromatic carbocycles. The third kappa shape index (κ3) is 3.11. The molecule has 1 aliphatic heterocycles. The van der Waals surface area contributed by atoms with E-state index in [9.17, 15) is 0 Å². The van der Waals surface area contributed by atoms with Gasteiger partial charge < -0.3 is 9.47 Å². The molecule has 3 rings (SSSR count). The van der Waals surface area contributed by atoms with Crippen LogP contribution in [0.15, 0.2) is 30.3 Å². The molecule has 0 spiro atoms. The Hall–Kier alpha value is -1.00. The van der Waals surface area contributed by atoms with Gasteiger partial charge >= 0.3 is 0 Å². The molecule has 0 radical (unpaired) electrons. The van der Waals surface area contributed by atoms with Crippen LogP contribution in [0.25, 0.3) is 0 Å². The number of alkyl halides is 1. The Morgan fingerprint density at radius 2 is 1.76 bits per heavy atom. The molecule has 21 heavy (non-hydrogen) atoms. The summed E-state index contributed by atoms with van der Waals surface area (Å²) >= 11 is 5.68. The van der Waals surface area contributed by atoms with Gasteiger partial charge in [0.05, 0.1) is 4.83 Å². The Morgan fingerprint density at radius 1 is 1.05 bits per heavy atom. The van der Waals surface area contributed by atoms with E-state index in [1.807, 2.05) is 17.4 Å². The molecule has 0 amide bonds. The highest BCUT2D eigenvalue weighted by atomic mass is 79.9. The van der Waals surface area contributed by atoms with E-state index in [1.54, 1.807) is 0 Å². The minimum absolute atomic E-state index is 0.189. The van der Waals surface area contributed by atoms with E-state index in [0.29, 0.717) is 13.2 Å². The lowest BCUT2D eigenvalue weighted by Crippen LogP contribution is -2.15. The monoisotopic (exact) mass is 366 g/mol. The first kappa shape index (κ1) is 14.9. The molecule has 112 valence electrons. The number of halogens is 1. The highest BCUT2D eigenvalue weighted by molar-refractivity contribution is 9.09. The van der Waals surface area contributed by atoms with Crippen LogP contribution in [0.4, 0.5) is 0 Å². The normalized spacial score (nSPS) is 15.8. The number of fused-ring (bicyclic) bond motifs is 1. The maximum Gasteiger partial charge on any atom is 0.161 e. The smallest absolute Gasteiger partial charge is 0.161 e. The van der Waals surface area contributed by atoms with Gasteiger partial charge in [-0.1, -0.05) is 42.8 Å². The fraction of sp³-hybridized carbons (Fsp3) is 0.412. The number of hydrogen-bond acceptors (Lipinski definition) is 3. The van der Waals surface area contributed by atoms with Crippen molar-refractivity contribution in [1.29, 1.82) is 0 Å². The quantitative estimate of drug-likeness (QED) is 0.671. The molecule has 2 nitrogen and oxygen atoms in total. The van der Waals surface area contributed by atoms with E-state index in [-0.39, 0.29) is 10.2 Å². The minimum Gasteiger partial charge on any atom is -0.486 e. The standard InChI is InChI=1S/C17H19BrO2S/c1-17(2,3)15-7-6-14(21-15)16(18)11-4-5-12-13(10-11)20-9-8-19-12/h4-7,10,16H,8-9H2,1-3H3. The van der Waals surface area contributed by atoms with Crippen molar-refractivity contribution in [2.24, 2.45) is 0 Å². The van der Waals surface area contributed by atoms with Gasteiger partial charge in [0.2, 0.25) is 0 Å². The first-order chi connectivity index (χ1) is 9.95. The predicted octanol–water partition coefficient (Wildman–Crippen LogP) is 5.30. The summed E-state index contributed by atoms with van der Waals surface area (Å²) in [7, 11) is 0. The molecular formula is C17H19BrO2S. The van der Waals surface area contributed by atoms with E-state index in [2.05, 4.69) is 61.0 Å². The van der Waals surface area contributed by atoms with E-state index in [1.165, 1.54) is 15.3 Å². The summed E-state index contributed by atoms with van der Waals surface area (Å²) in [6, 6.07) is 10.6. The van der Waals surface area contributed by atoms with E-state index < -0.39 is 0 Å². The van der Waals surface area contributed by atoms with Gasteiger partial charge in [-0.15, -0.1) is 11.3 Å². The topological polar surface area (TPSA) is 18.5 Å². The second-order valence-electron chi connectivity index (χ2n) is 6.22. The molecule has 4 heteroatoms. The molecule has 1 atom stereocenters. The molecule has 1 aliphatic rings. The van der Waals surface area contributed by atoms with Crippen molar-refractivity contribution in [2.45, 2.75) is 31.0 Å². The van der Waals surface area contributed by atoms with Crippen molar-refractivity contribution >= 4 is 27.3 Å². The molecule has 1 unspecified atom stereocenters. The largest absolute Gasteiger partial charge is 0.486 e. The minimum atomic E-state index is 0.189. The predicted molar refractivity (Wildman–Crippen MR) is 91.2 cm³/mol. The molecular weight excluding hydrogens is 348 g/mol. The summed E-state index contributed by atoms with van der Waals surface area (Å²) < 4.78 is 11.2. The maximum atomic E-state index is 5.67. The summed E-state index contributed by atoms with van der Waals surface area (Å²) in [4.78, 5) is 2.91. The van der Waals surface area contributed by atoms with Gasteiger partial charge in [0.1, 0.15) is 13.2 Å². The third-order valence-electron chi connectivity index (χ3n) is 3.47. The van der Waals surface area contributed by atoms with Crippen LogP contribution in [0.5, 0.6) is 11.5 Å². The van der Waals surface area contributed by atoms with Crippen LogP contribution in [-0.2, 0) is 5.41 Å². The average Bonchev–Trinajstić information content (AvgIpc) is 2.96. The Balaban J connectivity index is 1.88. The van der Waals surface area contributed by atoms with Crippen LogP contribution < -0.4 is 9.47 Å². The second kappa shape index (κ2) is 5.65. The summed E-state index contributed by atoms with van der Waals surface area (Å²) in [5, 5.41) is 0.